The highest BCUT2D eigenvalue weighted by Gasteiger charge is 2.20. The molecule has 1 aliphatic rings. The first-order valence-corrected chi connectivity index (χ1v) is 11.4. The van der Waals surface area contributed by atoms with Gasteiger partial charge in [0.2, 0.25) is 5.91 Å². The van der Waals surface area contributed by atoms with Crippen LogP contribution in [0.25, 0.3) is 0 Å². The third-order valence-electron chi connectivity index (χ3n) is 4.33. The van der Waals surface area contributed by atoms with Crippen LogP contribution in [0.15, 0.2) is 24.3 Å². The molecule has 0 atom stereocenters. The van der Waals surface area contributed by atoms with Gasteiger partial charge in [-0.05, 0) is 18.4 Å². The molecule has 1 aliphatic heterocycles. The molecular formula is C17H28N2OSi. The molecule has 1 aromatic carbocycles. The fraction of sp³-hybridized carbons (Fsp3) is 0.588. The molecule has 0 aliphatic carbocycles. The molecule has 1 saturated heterocycles. The highest BCUT2D eigenvalue weighted by Crippen LogP contribution is 2.11. The molecule has 2 rings (SSSR count). The van der Waals surface area contributed by atoms with Crippen LogP contribution in [0, 0.1) is 0 Å². The van der Waals surface area contributed by atoms with Gasteiger partial charge in [-0.2, -0.15) is 0 Å². The van der Waals surface area contributed by atoms with Crippen LogP contribution in [0.2, 0.25) is 19.6 Å². The molecule has 1 heterocycles. The predicted octanol–water partition coefficient (Wildman–Crippen LogP) is 2.33. The third-order valence-corrected chi connectivity index (χ3v) is 6.37. The molecule has 4 heteroatoms. The molecule has 3 nitrogen and oxygen atoms in total. The predicted molar refractivity (Wildman–Crippen MR) is 91.5 cm³/mol. The van der Waals surface area contributed by atoms with E-state index in [-0.39, 0.29) is 5.91 Å². The van der Waals surface area contributed by atoms with Crippen LogP contribution in [0.3, 0.4) is 0 Å². The van der Waals surface area contributed by atoms with Crippen LogP contribution < -0.4 is 10.5 Å². The maximum absolute atomic E-state index is 11.3. The summed E-state index contributed by atoms with van der Waals surface area (Å²) in [6.07, 6.45) is 2.13. The lowest BCUT2D eigenvalue weighted by Crippen LogP contribution is -2.44. The van der Waals surface area contributed by atoms with E-state index >= 15 is 0 Å². The van der Waals surface area contributed by atoms with Gasteiger partial charge in [0.25, 0.3) is 0 Å². The molecule has 0 spiro atoms. The van der Waals surface area contributed by atoms with Gasteiger partial charge in [0.05, 0.1) is 8.07 Å². The Bertz CT molecular complexity index is 488. The number of carbonyl (C=O) groups excluding carboxylic acids is 1. The van der Waals surface area contributed by atoms with Crippen molar-refractivity contribution in [2.75, 3.05) is 13.1 Å². The van der Waals surface area contributed by atoms with Crippen molar-refractivity contribution in [3.05, 3.63) is 29.8 Å². The van der Waals surface area contributed by atoms with Gasteiger partial charge in [0.15, 0.2) is 0 Å². The van der Waals surface area contributed by atoms with Crippen LogP contribution >= 0.6 is 0 Å². The fourth-order valence-corrected chi connectivity index (χ4v) is 4.02. The van der Waals surface area contributed by atoms with E-state index in [9.17, 15) is 4.79 Å². The maximum Gasteiger partial charge on any atom is 0.219 e. The molecule has 0 radical (unpaired) electrons. The van der Waals surface area contributed by atoms with Crippen LogP contribution in [0.5, 0.6) is 0 Å². The monoisotopic (exact) mass is 304 g/mol. The van der Waals surface area contributed by atoms with E-state index in [4.69, 9.17) is 0 Å². The van der Waals surface area contributed by atoms with Crippen molar-refractivity contribution < 1.29 is 4.79 Å². The number of nitrogens with zero attached hydrogens (tertiary/aromatic N) is 1. The summed E-state index contributed by atoms with van der Waals surface area (Å²) in [4.78, 5) is 13.3. The van der Waals surface area contributed by atoms with E-state index in [1.807, 2.05) is 4.90 Å². The van der Waals surface area contributed by atoms with Gasteiger partial charge < -0.3 is 10.2 Å². The number of rotatable bonds is 4. The lowest BCUT2D eigenvalue weighted by Gasteiger charge is -2.32. The number of likely N-dealkylation sites (tertiary alicyclic amines) is 1. The topological polar surface area (TPSA) is 32.3 Å². The molecule has 0 aromatic heterocycles. The van der Waals surface area contributed by atoms with Crippen LogP contribution in [0.4, 0.5) is 0 Å². The molecule has 116 valence electrons. The molecule has 0 bridgehead atoms. The molecule has 1 fully saturated rings. The normalized spacial score (nSPS) is 17.0. The minimum absolute atomic E-state index is 0.205. The molecule has 0 saturated carbocycles. The zero-order valence-corrected chi connectivity index (χ0v) is 14.8. The quantitative estimate of drug-likeness (QED) is 0.866. The van der Waals surface area contributed by atoms with E-state index in [0.29, 0.717) is 6.04 Å². The van der Waals surface area contributed by atoms with Crippen LogP contribution in [-0.4, -0.2) is 38.0 Å². The minimum Gasteiger partial charge on any atom is -0.343 e. The second kappa shape index (κ2) is 6.75. The first-order valence-electron chi connectivity index (χ1n) is 7.94. The summed E-state index contributed by atoms with van der Waals surface area (Å²) < 4.78 is 0. The highest BCUT2D eigenvalue weighted by atomic mass is 28.3. The van der Waals surface area contributed by atoms with E-state index in [1.165, 1.54) is 10.8 Å². The number of hydrogen-bond donors (Lipinski definition) is 1. The zero-order valence-electron chi connectivity index (χ0n) is 13.8. The fourth-order valence-electron chi connectivity index (χ4n) is 2.81. The number of hydrogen-bond acceptors (Lipinski definition) is 2. The van der Waals surface area contributed by atoms with Crippen molar-refractivity contribution in [2.45, 2.75) is 52.0 Å². The first kappa shape index (κ1) is 16.2. The Hall–Kier alpha value is -1.13. The summed E-state index contributed by atoms with van der Waals surface area (Å²) in [6.45, 7) is 11.5. The SMILES string of the molecule is CC(=O)N1CCC(NCc2cccc([Si](C)(C)C)c2)CC1. The molecule has 0 unspecified atom stereocenters. The minimum atomic E-state index is -1.23. The summed E-state index contributed by atoms with van der Waals surface area (Å²) in [5, 5.41) is 5.17. The number of amides is 1. The van der Waals surface area contributed by atoms with Crippen molar-refractivity contribution in [3.63, 3.8) is 0 Å². The Kier molecular flexibility index (Phi) is 5.22. The lowest BCUT2D eigenvalue weighted by molar-refractivity contribution is -0.129. The van der Waals surface area contributed by atoms with Gasteiger partial charge >= 0.3 is 0 Å². The Balaban J connectivity index is 1.85. The zero-order chi connectivity index (χ0) is 15.5. The Morgan fingerprint density at radius 3 is 2.52 bits per heavy atom. The Morgan fingerprint density at radius 1 is 1.29 bits per heavy atom. The molecule has 1 amide bonds. The molecule has 1 aromatic rings. The standard InChI is InChI=1S/C17H28N2OSi/c1-14(20)19-10-8-16(9-11-19)18-13-15-6-5-7-17(12-15)21(2,3)4/h5-7,12,16,18H,8-11,13H2,1-4H3. The number of piperidine rings is 1. The largest absolute Gasteiger partial charge is 0.343 e. The second-order valence-corrected chi connectivity index (χ2v) is 12.2. The van der Waals surface area contributed by atoms with Gasteiger partial charge in [-0.1, -0.05) is 49.1 Å². The maximum atomic E-state index is 11.3. The summed E-state index contributed by atoms with van der Waals surface area (Å²) in [5.74, 6) is 0.205. The number of benzene rings is 1. The van der Waals surface area contributed by atoms with Crippen LogP contribution in [-0.2, 0) is 11.3 Å². The van der Waals surface area contributed by atoms with Crippen molar-refractivity contribution >= 4 is 19.2 Å². The number of carbonyl (C=O) groups is 1. The smallest absolute Gasteiger partial charge is 0.219 e. The van der Waals surface area contributed by atoms with Crippen molar-refractivity contribution in [1.82, 2.24) is 10.2 Å². The molecule has 1 N–H and O–H groups in total. The van der Waals surface area contributed by atoms with Gasteiger partial charge in [-0.25, -0.2) is 0 Å². The van der Waals surface area contributed by atoms with Gasteiger partial charge in [-0.3, -0.25) is 4.79 Å². The Morgan fingerprint density at radius 2 is 1.95 bits per heavy atom. The number of nitrogens with one attached hydrogen (secondary N) is 1. The Labute approximate surface area is 129 Å². The molecule has 21 heavy (non-hydrogen) atoms. The average Bonchev–Trinajstić information content (AvgIpc) is 2.45. The van der Waals surface area contributed by atoms with E-state index in [0.717, 1.165) is 32.5 Å². The summed E-state index contributed by atoms with van der Waals surface area (Å²) >= 11 is 0. The van der Waals surface area contributed by atoms with Crippen molar-refractivity contribution in [1.29, 1.82) is 0 Å². The summed E-state index contributed by atoms with van der Waals surface area (Å²) in [6, 6.07) is 9.56. The lowest BCUT2D eigenvalue weighted by atomic mass is 10.0. The summed E-state index contributed by atoms with van der Waals surface area (Å²) in [5.41, 5.74) is 1.38. The summed E-state index contributed by atoms with van der Waals surface area (Å²) in [7, 11) is -1.23. The first-order chi connectivity index (χ1) is 9.86. The third kappa shape index (κ3) is 4.68. The van der Waals surface area contributed by atoms with E-state index < -0.39 is 8.07 Å². The molecular weight excluding hydrogens is 276 g/mol. The highest BCUT2D eigenvalue weighted by molar-refractivity contribution is 6.88. The van der Waals surface area contributed by atoms with Gasteiger partial charge in [0.1, 0.15) is 0 Å². The van der Waals surface area contributed by atoms with Gasteiger partial charge in [-0.15, -0.1) is 0 Å². The van der Waals surface area contributed by atoms with E-state index in [2.05, 4.69) is 49.2 Å². The van der Waals surface area contributed by atoms with Crippen molar-refractivity contribution in [3.8, 4) is 0 Å². The van der Waals surface area contributed by atoms with Crippen LogP contribution in [0.1, 0.15) is 25.3 Å². The van der Waals surface area contributed by atoms with Gasteiger partial charge in [0, 0.05) is 32.6 Å². The van der Waals surface area contributed by atoms with E-state index in [1.54, 1.807) is 6.92 Å². The average molecular weight is 305 g/mol. The second-order valence-electron chi connectivity index (χ2n) is 7.11. The van der Waals surface area contributed by atoms with Crippen molar-refractivity contribution in [2.24, 2.45) is 0 Å².